The number of ether oxygens (including phenoxy) is 1. The van der Waals surface area contributed by atoms with E-state index in [0.29, 0.717) is 17.1 Å². The number of hydrogen-bond acceptors (Lipinski definition) is 3. The molecule has 1 unspecified atom stereocenters. The lowest BCUT2D eigenvalue weighted by Crippen LogP contribution is -2.29. The summed E-state index contributed by atoms with van der Waals surface area (Å²) in [6.45, 7) is 2.76. The van der Waals surface area contributed by atoms with Crippen molar-refractivity contribution in [2.75, 3.05) is 19.6 Å². The van der Waals surface area contributed by atoms with Crippen LogP contribution < -0.4 is 0 Å². The fourth-order valence-electron chi connectivity index (χ4n) is 3.09. The zero-order valence-corrected chi connectivity index (χ0v) is 15.4. The second-order valence-electron chi connectivity index (χ2n) is 6.23. The highest BCUT2D eigenvalue weighted by Gasteiger charge is 2.27. The molecule has 2 aromatic rings. The molecule has 0 N–H and O–H groups in total. The molecule has 2 aromatic carbocycles. The number of nitrogens with zero attached hydrogens (tertiary/aromatic N) is 1. The Bertz CT molecular complexity index is 702. The molecular weight excluding hydrogens is 357 g/mol. The smallest absolute Gasteiger partial charge is 0.329 e. The molecule has 1 saturated heterocycles. The molecule has 0 aromatic heterocycles. The summed E-state index contributed by atoms with van der Waals surface area (Å²) in [7, 11) is 0. The van der Waals surface area contributed by atoms with Gasteiger partial charge < -0.3 is 4.74 Å². The van der Waals surface area contributed by atoms with Crippen molar-refractivity contribution in [1.82, 2.24) is 4.90 Å². The van der Waals surface area contributed by atoms with Gasteiger partial charge in [-0.25, -0.2) is 0 Å². The maximum absolute atomic E-state index is 12.6. The molecule has 1 heterocycles. The van der Waals surface area contributed by atoms with Crippen LogP contribution in [0.4, 0.5) is 0 Å². The third-order valence-electron chi connectivity index (χ3n) is 4.44. The normalized spacial score (nSPS) is 17.2. The summed E-state index contributed by atoms with van der Waals surface area (Å²) < 4.78 is 5.80. The summed E-state index contributed by atoms with van der Waals surface area (Å²) in [5.41, 5.74) is 1.55. The molecule has 25 heavy (non-hydrogen) atoms. The number of halogens is 2. The number of hydrogen-bond donors (Lipinski definition) is 0. The number of likely N-dealkylation sites (tertiary alicyclic amines) is 1. The van der Waals surface area contributed by atoms with Crippen molar-refractivity contribution in [3.05, 3.63) is 70.7 Å². The molecule has 5 heteroatoms. The second-order valence-corrected chi connectivity index (χ2v) is 7.07. The van der Waals surface area contributed by atoms with Gasteiger partial charge in [0.05, 0.1) is 0 Å². The van der Waals surface area contributed by atoms with Gasteiger partial charge in [-0.3, -0.25) is 9.69 Å². The molecule has 3 nitrogen and oxygen atoms in total. The largest absolute Gasteiger partial charge is 0.455 e. The Morgan fingerprint density at radius 2 is 1.68 bits per heavy atom. The first-order chi connectivity index (χ1) is 12.1. The van der Waals surface area contributed by atoms with E-state index in [1.165, 1.54) is 12.8 Å². The molecule has 0 amide bonds. The highest BCUT2D eigenvalue weighted by atomic mass is 35.5. The molecule has 1 aliphatic heterocycles. The lowest BCUT2D eigenvalue weighted by atomic mass is 10.1. The molecule has 1 aliphatic rings. The summed E-state index contributed by atoms with van der Waals surface area (Å²) in [6.07, 6.45) is 2.04. The Morgan fingerprint density at radius 3 is 2.36 bits per heavy atom. The van der Waals surface area contributed by atoms with Crippen LogP contribution in [-0.4, -0.2) is 30.5 Å². The topological polar surface area (TPSA) is 29.5 Å². The molecule has 132 valence electrons. The highest BCUT2D eigenvalue weighted by molar-refractivity contribution is 6.35. The fourth-order valence-corrected chi connectivity index (χ4v) is 3.63. The Kier molecular flexibility index (Phi) is 6.35. The molecule has 1 fully saturated rings. The first-order valence-corrected chi connectivity index (χ1v) is 9.33. The van der Waals surface area contributed by atoms with E-state index in [0.717, 1.165) is 18.7 Å². The molecule has 0 spiro atoms. The molecule has 3 rings (SSSR count). The fraction of sp³-hybridized carbons (Fsp3) is 0.350. The van der Waals surface area contributed by atoms with Crippen molar-refractivity contribution >= 4 is 29.2 Å². The van der Waals surface area contributed by atoms with E-state index < -0.39 is 11.3 Å². The minimum atomic E-state index is -0.918. The van der Waals surface area contributed by atoms with Crippen molar-refractivity contribution in [2.24, 2.45) is 0 Å². The van der Waals surface area contributed by atoms with Crippen molar-refractivity contribution in [3.63, 3.8) is 0 Å². The average molecular weight is 378 g/mol. The Hall–Kier alpha value is -1.55. The van der Waals surface area contributed by atoms with Crippen LogP contribution in [0, 0.1) is 0 Å². The monoisotopic (exact) mass is 377 g/mol. The van der Waals surface area contributed by atoms with Crippen LogP contribution in [0.1, 0.15) is 35.4 Å². The summed E-state index contributed by atoms with van der Waals surface area (Å²) >= 11 is 12.5. The SMILES string of the molecule is O=C(O[C@@H](CN1CCCC1)c1ccccc1)C(Cl)c1ccccc1Cl. The van der Waals surface area contributed by atoms with Crippen LogP contribution in [0.5, 0.6) is 0 Å². The Balaban J connectivity index is 1.74. The zero-order chi connectivity index (χ0) is 17.6. The van der Waals surface area contributed by atoms with Gasteiger partial charge >= 0.3 is 5.97 Å². The predicted octanol–water partition coefficient (Wildman–Crippen LogP) is 5.00. The van der Waals surface area contributed by atoms with Gasteiger partial charge in [0.1, 0.15) is 6.10 Å². The van der Waals surface area contributed by atoms with Crippen molar-refractivity contribution < 1.29 is 9.53 Å². The van der Waals surface area contributed by atoms with E-state index in [9.17, 15) is 4.79 Å². The van der Waals surface area contributed by atoms with Gasteiger partial charge in [0.25, 0.3) is 0 Å². The minimum absolute atomic E-state index is 0.337. The first-order valence-electron chi connectivity index (χ1n) is 8.51. The third-order valence-corrected chi connectivity index (χ3v) is 5.20. The maximum atomic E-state index is 12.6. The third kappa shape index (κ3) is 4.75. The number of carbonyl (C=O) groups is 1. The molecule has 0 radical (unpaired) electrons. The van der Waals surface area contributed by atoms with E-state index in [4.69, 9.17) is 27.9 Å². The van der Waals surface area contributed by atoms with Gasteiger partial charge in [-0.05, 0) is 43.1 Å². The van der Waals surface area contributed by atoms with Crippen LogP contribution in [0.15, 0.2) is 54.6 Å². The Labute approximate surface area is 158 Å². The van der Waals surface area contributed by atoms with Gasteiger partial charge in [0.2, 0.25) is 0 Å². The highest BCUT2D eigenvalue weighted by Crippen LogP contribution is 2.31. The van der Waals surface area contributed by atoms with Gasteiger partial charge in [0.15, 0.2) is 5.38 Å². The van der Waals surface area contributed by atoms with E-state index in [2.05, 4.69) is 4.90 Å². The van der Waals surface area contributed by atoms with E-state index in [1.807, 2.05) is 36.4 Å². The van der Waals surface area contributed by atoms with Crippen molar-refractivity contribution in [1.29, 1.82) is 0 Å². The quantitative estimate of drug-likeness (QED) is 0.523. The number of alkyl halides is 1. The van der Waals surface area contributed by atoms with Gasteiger partial charge in [-0.1, -0.05) is 60.1 Å². The Morgan fingerprint density at radius 1 is 1.04 bits per heavy atom. The molecule has 0 aliphatic carbocycles. The predicted molar refractivity (Wildman–Crippen MR) is 101 cm³/mol. The summed E-state index contributed by atoms with van der Waals surface area (Å²) in [6, 6.07) is 16.9. The maximum Gasteiger partial charge on any atom is 0.329 e. The van der Waals surface area contributed by atoms with Crippen LogP contribution in [-0.2, 0) is 9.53 Å². The molecule has 2 atom stereocenters. The van der Waals surface area contributed by atoms with Crippen LogP contribution in [0.2, 0.25) is 5.02 Å². The molecule has 0 saturated carbocycles. The number of rotatable bonds is 6. The summed E-state index contributed by atoms with van der Waals surface area (Å²) in [5.74, 6) is -0.470. The minimum Gasteiger partial charge on any atom is -0.455 e. The van der Waals surface area contributed by atoms with Gasteiger partial charge in [0, 0.05) is 11.6 Å². The van der Waals surface area contributed by atoms with Crippen molar-refractivity contribution in [3.8, 4) is 0 Å². The van der Waals surface area contributed by atoms with Gasteiger partial charge in [-0.2, -0.15) is 0 Å². The number of esters is 1. The number of carbonyl (C=O) groups excluding carboxylic acids is 1. The zero-order valence-electron chi connectivity index (χ0n) is 13.9. The molecular formula is C20H21Cl2NO2. The van der Waals surface area contributed by atoms with Crippen LogP contribution in [0.25, 0.3) is 0 Å². The van der Waals surface area contributed by atoms with E-state index in [-0.39, 0.29) is 6.10 Å². The lowest BCUT2D eigenvalue weighted by Gasteiger charge is -2.25. The van der Waals surface area contributed by atoms with Gasteiger partial charge in [-0.15, -0.1) is 11.6 Å². The second kappa shape index (κ2) is 8.70. The van der Waals surface area contributed by atoms with E-state index in [1.54, 1.807) is 18.2 Å². The standard InChI is InChI=1S/C20H21Cl2NO2/c21-17-11-5-4-10-16(17)19(22)20(24)25-18(14-23-12-6-7-13-23)15-8-2-1-3-9-15/h1-5,8-11,18-19H,6-7,12-14H2/t18-,19?/m0/s1. The molecule has 0 bridgehead atoms. The lowest BCUT2D eigenvalue weighted by molar-refractivity contribution is -0.150. The summed E-state index contributed by atoms with van der Waals surface area (Å²) in [5, 5.41) is -0.450. The van der Waals surface area contributed by atoms with E-state index >= 15 is 0 Å². The van der Waals surface area contributed by atoms with Crippen molar-refractivity contribution in [2.45, 2.75) is 24.3 Å². The number of benzene rings is 2. The average Bonchev–Trinajstić information content (AvgIpc) is 3.15. The van der Waals surface area contributed by atoms with Crippen LogP contribution >= 0.6 is 23.2 Å². The first kappa shape index (κ1) is 18.2. The summed E-state index contributed by atoms with van der Waals surface area (Å²) in [4.78, 5) is 14.9. The van der Waals surface area contributed by atoms with Crippen LogP contribution in [0.3, 0.4) is 0 Å².